The molecule has 0 aliphatic carbocycles. The summed E-state index contributed by atoms with van der Waals surface area (Å²) in [6.45, 7) is 0. The van der Waals surface area contributed by atoms with Crippen molar-refractivity contribution in [3.8, 4) is 44.6 Å². The summed E-state index contributed by atoms with van der Waals surface area (Å²) >= 11 is 0. The van der Waals surface area contributed by atoms with Crippen LogP contribution in [0.5, 0.6) is 0 Å². The number of para-hydroxylation sites is 1. The highest BCUT2D eigenvalue weighted by Gasteiger charge is 2.20. The summed E-state index contributed by atoms with van der Waals surface area (Å²) in [5, 5.41) is 5.57. The van der Waals surface area contributed by atoms with Crippen molar-refractivity contribution >= 4 is 60.5 Å². The van der Waals surface area contributed by atoms with Gasteiger partial charge in [-0.2, -0.15) is 0 Å². The zero-order valence-corrected chi connectivity index (χ0v) is 32.2. The standard InChI is InChI=1S/C56H37N3/c1-4-14-38(15-5-1)40-24-30-44(31-25-40)59(45-32-26-41(27-33-45)39-16-6-2-7-17-39)53-37-35-47(46-20-10-11-21-48(46)53)52-36-29-43-28-34-50-54(42-18-8-3-9-19-42)49-22-12-13-23-51(49)58-56(50)55(43)57-52/h1-37H. The molecule has 11 aromatic rings. The number of anilines is 3. The van der Waals surface area contributed by atoms with Crippen LogP contribution in [0.1, 0.15) is 0 Å². The minimum Gasteiger partial charge on any atom is -0.310 e. The Morgan fingerprint density at radius 2 is 0.814 bits per heavy atom. The van der Waals surface area contributed by atoms with Gasteiger partial charge in [-0.25, -0.2) is 9.97 Å². The van der Waals surface area contributed by atoms with Crippen LogP contribution in [0.4, 0.5) is 17.1 Å². The van der Waals surface area contributed by atoms with Gasteiger partial charge in [-0.3, -0.25) is 0 Å². The minimum absolute atomic E-state index is 0.898. The molecule has 2 heterocycles. The van der Waals surface area contributed by atoms with Gasteiger partial charge in [-0.1, -0.05) is 182 Å². The molecular formula is C56H37N3. The summed E-state index contributed by atoms with van der Waals surface area (Å²) in [5.74, 6) is 0. The Bertz CT molecular complexity index is 3210. The Morgan fingerprint density at radius 1 is 0.305 bits per heavy atom. The molecule has 0 unspecified atom stereocenters. The first-order valence-corrected chi connectivity index (χ1v) is 20.1. The number of hydrogen-bond acceptors (Lipinski definition) is 3. The van der Waals surface area contributed by atoms with Crippen LogP contribution < -0.4 is 4.90 Å². The van der Waals surface area contributed by atoms with Crippen molar-refractivity contribution in [1.29, 1.82) is 0 Å². The summed E-state index contributed by atoms with van der Waals surface area (Å²) in [7, 11) is 0. The average Bonchev–Trinajstić information content (AvgIpc) is 3.32. The van der Waals surface area contributed by atoms with Gasteiger partial charge in [0.05, 0.1) is 27.9 Å². The fraction of sp³-hybridized carbons (Fsp3) is 0. The van der Waals surface area contributed by atoms with Crippen LogP contribution in [0.15, 0.2) is 224 Å². The fourth-order valence-corrected chi connectivity index (χ4v) is 8.60. The number of aromatic nitrogens is 2. The molecule has 0 aliphatic heterocycles. The van der Waals surface area contributed by atoms with Crippen molar-refractivity contribution in [3.05, 3.63) is 224 Å². The molecule has 0 saturated heterocycles. The molecule has 0 saturated carbocycles. The monoisotopic (exact) mass is 751 g/mol. The first kappa shape index (κ1) is 34.4. The molecule has 0 radical (unpaired) electrons. The number of nitrogens with zero attached hydrogens (tertiary/aromatic N) is 3. The van der Waals surface area contributed by atoms with Gasteiger partial charge >= 0.3 is 0 Å². The smallest absolute Gasteiger partial charge is 0.0978 e. The summed E-state index contributed by atoms with van der Waals surface area (Å²) in [6.07, 6.45) is 0. The number of hydrogen-bond donors (Lipinski definition) is 0. The third-order valence-electron chi connectivity index (χ3n) is 11.5. The van der Waals surface area contributed by atoms with E-state index in [2.05, 4.69) is 229 Å². The van der Waals surface area contributed by atoms with Crippen LogP contribution in [-0.2, 0) is 0 Å². The molecule has 59 heavy (non-hydrogen) atoms. The van der Waals surface area contributed by atoms with Gasteiger partial charge in [0.1, 0.15) is 0 Å². The second kappa shape index (κ2) is 14.6. The molecule has 11 rings (SSSR count). The highest BCUT2D eigenvalue weighted by atomic mass is 15.1. The van der Waals surface area contributed by atoms with E-state index in [0.29, 0.717) is 0 Å². The summed E-state index contributed by atoms with van der Waals surface area (Å²) in [4.78, 5) is 13.1. The van der Waals surface area contributed by atoms with Crippen molar-refractivity contribution in [2.24, 2.45) is 0 Å². The van der Waals surface area contributed by atoms with E-state index in [-0.39, 0.29) is 0 Å². The van der Waals surface area contributed by atoms with Crippen LogP contribution in [0, 0.1) is 0 Å². The van der Waals surface area contributed by atoms with Crippen LogP contribution in [0.25, 0.3) is 88.1 Å². The predicted molar refractivity (Wildman–Crippen MR) is 248 cm³/mol. The van der Waals surface area contributed by atoms with E-state index in [9.17, 15) is 0 Å². The van der Waals surface area contributed by atoms with Gasteiger partial charge in [-0.05, 0) is 75.7 Å². The molecule has 3 heteroatoms. The number of fused-ring (bicyclic) bond motifs is 5. The predicted octanol–water partition coefficient (Wildman–Crippen LogP) is 15.2. The molecule has 0 N–H and O–H groups in total. The molecule has 0 atom stereocenters. The second-order valence-corrected chi connectivity index (χ2v) is 14.9. The van der Waals surface area contributed by atoms with Gasteiger partial charge in [0.15, 0.2) is 0 Å². The van der Waals surface area contributed by atoms with Gasteiger partial charge in [0.2, 0.25) is 0 Å². The largest absolute Gasteiger partial charge is 0.310 e. The lowest BCUT2D eigenvalue weighted by Crippen LogP contribution is -2.10. The first-order chi connectivity index (χ1) is 29.3. The van der Waals surface area contributed by atoms with Crippen LogP contribution in [0.3, 0.4) is 0 Å². The molecule has 0 spiro atoms. The lowest BCUT2D eigenvalue weighted by atomic mass is 9.94. The van der Waals surface area contributed by atoms with E-state index in [1.807, 2.05) is 0 Å². The maximum Gasteiger partial charge on any atom is 0.0978 e. The quantitative estimate of drug-likeness (QED) is 0.120. The SMILES string of the molecule is c1ccc(-c2ccc(N(c3ccc(-c4ccccc4)cc3)c3ccc(-c4ccc5ccc6c(-c7ccccc7)c7ccccc7nc6c5n4)c4ccccc34)cc2)cc1. The molecule has 0 aliphatic rings. The topological polar surface area (TPSA) is 29.0 Å². The highest BCUT2D eigenvalue weighted by molar-refractivity contribution is 6.16. The Hall–Kier alpha value is -7.88. The minimum atomic E-state index is 0.898. The molecule has 0 fully saturated rings. The third-order valence-corrected chi connectivity index (χ3v) is 11.5. The lowest BCUT2D eigenvalue weighted by Gasteiger charge is -2.28. The van der Waals surface area contributed by atoms with E-state index in [0.717, 1.165) is 71.8 Å². The normalized spacial score (nSPS) is 11.4. The average molecular weight is 752 g/mol. The van der Waals surface area contributed by atoms with Crippen LogP contribution >= 0.6 is 0 Å². The van der Waals surface area contributed by atoms with Crippen molar-refractivity contribution in [1.82, 2.24) is 9.97 Å². The second-order valence-electron chi connectivity index (χ2n) is 14.9. The lowest BCUT2D eigenvalue weighted by molar-refractivity contribution is 1.30. The molecule has 0 bridgehead atoms. The Labute approximate surface area is 343 Å². The maximum absolute atomic E-state index is 5.46. The highest BCUT2D eigenvalue weighted by Crippen LogP contribution is 2.43. The van der Waals surface area contributed by atoms with E-state index < -0.39 is 0 Å². The van der Waals surface area contributed by atoms with Crippen molar-refractivity contribution < 1.29 is 0 Å². The molecule has 0 amide bonds. The molecule has 3 nitrogen and oxygen atoms in total. The van der Waals surface area contributed by atoms with Crippen molar-refractivity contribution in [2.75, 3.05) is 4.90 Å². The summed E-state index contributed by atoms with van der Waals surface area (Å²) in [5.41, 5.74) is 15.1. The van der Waals surface area contributed by atoms with E-state index in [4.69, 9.17) is 9.97 Å². The number of rotatable bonds is 7. The maximum atomic E-state index is 5.46. The molecule has 9 aromatic carbocycles. The fourth-order valence-electron chi connectivity index (χ4n) is 8.60. The van der Waals surface area contributed by atoms with Gasteiger partial charge in [-0.15, -0.1) is 0 Å². The number of benzene rings is 9. The van der Waals surface area contributed by atoms with E-state index >= 15 is 0 Å². The van der Waals surface area contributed by atoms with Crippen LogP contribution in [0.2, 0.25) is 0 Å². The summed E-state index contributed by atoms with van der Waals surface area (Å²) in [6, 6.07) is 79.9. The van der Waals surface area contributed by atoms with Crippen molar-refractivity contribution in [3.63, 3.8) is 0 Å². The Morgan fingerprint density at radius 3 is 1.44 bits per heavy atom. The number of pyridine rings is 2. The van der Waals surface area contributed by atoms with E-state index in [1.165, 1.54) is 33.4 Å². The van der Waals surface area contributed by atoms with Crippen molar-refractivity contribution in [2.45, 2.75) is 0 Å². The zero-order valence-electron chi connectivity index (χ0n) is 32.2. The molecular weight excluding hydrogens is 715 g/mol. The Balaban J connectivity index is 1.08. The van der Waals surface area contributed by atoms with Crippen LogP contribution in [-0.4, -0.2) is 9.97 Å². The van der Waals surface area contributed by atoms with Gasteiger partial charge in [0, 0.05) is 44.0 Å². The third kappa shape index (κ3) is 6.17. The Kier molecular flexibility index (Phi) is 8.49. The molecule has 2 aromatic heterocycles. The van der Waals surface area contributed by atoms with Gasteiger partial charge in [0.25, 0.3) is 0 Å². The first-order valence-electron chi connectivity index (χ1n) is 20.1. The van der Waals surface area contributed by atoms with E-state index in [1.54, 1.807) is 0 Å². The summed E-state index contributed by atoms with van der Waals surface area (Å²) < 4.78 is 0. The zero-order chi connectivity index (χ0) is 39.1. The van der Waals surface area contributed by atoms with Gasteiger partial charge < -0.3 is 4.90 Å². The molecule has 276 valence electrons.